The molecule has 0 bridgehead atoms. The lowest BCUT2D eigenvalue weighted by atomic mass is 10.2. The van der Waals surface area contributed by atoms with Gasteiger partial charge in [0.15, 0.2) is 0 Å². The van der Waals surface area contributed by atoms with Crippen molar-refractivity contribution in [3.05, 3.63) is 98.0 Å². The van der Waals surface area contributed by atoms with Crippen LogP contribution in [0.15, 0.2) is 66.7 Å². The zero-order valence-corrected chi connectivity index (χ0v) is 15.8. The summed E-state index contributed by atoms with van der Waals surface area (Å²) >= 11 is 11.8. The highest BCUT2D eigenvalue weighted by atomic mass is 35.5. The molecule has 0 aliphatic rings. The van der Waals surface area contributed by atoms with Crippen LogP contribution in [0.2, 0.25) is 10.0 Å². The van der Waals surface area contributed by atoms with Gasteiger partial charge < -0.3 is 9.47 Å². The number of nitro groups is 1. The van der Waals surface area contributed by atoms with Gasteiger partial charge in [-0.2, -0.15) is 0 Å². The van der Waals surface area contributed by atoms with Crippen molar-refractivity contribution in [1.29, 1.82) is 0 Å². The number of non-ortho nitro benzene ring substituents is 1. The van der Waals surface area contributed by atoms with Gasteiger partial charge in [0.25, 0.3) is 5.69 Å². The van der Waals surface area contributed by atoms with Crippen LogP contribution in [0, 0.1) is 10.1 Å². The van der Waals surface area contributed by atoms with E-state index in [-0.39, 0.29) is 12.3 Å². The van der Waals surface area contributed by atoms with Crippen molar-refractivity contribution in [2.24, 2.45) is 0 Å². The Morgan fingerprint density at radius 1 is 0.893 bits per heavy atom. The largest absolute Gasteiger partial charge is 0.457 e. The summed E-state index contributed by atoms with van der Waals surface area (Å²) in [5.41, 5.74) is 1.06. The van der Waals surface area contributed by atoms with E-state index in [4.69, 9.17) is 32.7 Å². The number of rotatable bonds is 6. The predicted molar refractivity (Wildman–Crippen MR) is 105 cm³/mol. The quantitative estimate of drug-likeness (QED) is 0.277. The fraction of sp³-hybridized carbons (Fsp3) is 0.0500. The number of hydrogen-bond donors (Lipinski definition) is 0. The van der Waals surface area contributed by atoms with Crippen molar-refractivity contribution in [2.75, 3.05) is 0 Å². The summed E-state index contributed by atoms with van der Waals surface area (Å²) in [7, 11) is 0. The van der Waals surface area contributed by atoms with E-state index >= 15 is 0 Å². The lowest BCUT2D eigenvalue weighted by Gasteiger charge is -2.08. The molecule has 3 rings (SSSR count). The van der Waals surface area contributed by atoms with Crippen LogP contribution < -0.4 is 4.74 Å². The van der Waals surface area contributed by atoms with E-state index in [0.717, 1.165) is 5.56 Å². The average molecular weight is 418 g/mol. The Balaban J connectivity index is 1.59. The molecule has 0 atom stereocenters. The molecule has 0 aromatic heterocycles. The molecule has 0 spiro atoms. The van der Waals surface area contributed by atoms with Gasteiger partial charge in [-0.05, 0) is 54.1 Å². The molecule has 8 heteroatoms. The van der Waals surface area contributed by atoms with Crippen molar-refractivity contribution in [1.82, 2.24) is 0 Å². The summed E-state index contributed by atoms with van der Waals surface area (Å²) in [5, 5.41) is 11.5. The van der Waals surface area contributed by atoms with E-state index < -0.39 is 10.9 Å². The van der Waals surface area contributed by atoms with E-state index in [1.807, 2.05) is 0 Å². The van der Waals surface area contributed by atoms with Crippen LogP contribution in [-0.4, -0.2) is 10.9 Å². The Bertz CT molecular complexity index is 1000. The number of nitrogens with zero attached hydrogens (tertiary/aromatic N) is 1. The minimum atomic E-state index is -0.493. The molecule has 0 N–H and O–H groups in total. The van der Waals surface area contributed by atoms with E-state index in [9.17, 15) is 14.9 Å². The molecule has 0 amide bonds. The van der Waals surface area contributed by atoms with Crippen molar-refractivity contribution >= 4 is 34.9 Å². The Morgan fingerprint density at radius 3 is 2.07 bits per heavy atom. The zero-order valence-electron chi connectivity index (χ0n) is 14.3. The Hall–Kier alpha value is -3.09. The van der Waals surface area contributed by atoms with Crippen LogP contribution in [0.5, 0.6) is 11.5 Å². The second-order valence-corrected chi connectivity index (χ2v) is 6.52. The van der Waals surface area contributed by atoms with E-state index in [2.05, 4.69) is 0 Å². The van der Waals surface area contributed by atoms with Crippen LogP contribution in [0.25, 0.3) is 0 Å². The second kappa shape index (κ2) is 8.73. The molecule has 0 fully saturated rings. The topological polar surface area (TPSA) is 78.7 Å². The first kappa shape index (κ1) is 19.7. The number of carbonyl (C=O) groups excluding carboxylic acids is 1. The zero-order chi connectivity index (χ0) is 20.1. The van der Waals surface area contributed by atoms with E-state index in [1.165, 1.54) is 24.3 Å². The Kier molecular flexibility index (Phi) is 6.13. The lowest BCUT2D eigenvalue weighted by molar-refractivity contribution is -0.384. The van der Waals surface area contributed by atoms with Crippen molar-refractivity contribution < 1.29 is 19.2 Å². The maximum atomic E-state index is 12.2. The van der Waals surface area contributed by atoms with Crippen LogP contribution in [0.3, 0.4) is 0 Å². The molecule has 0 aliphatic carbocycles. The molecule has 3 aromatic rings. The summed E-state index contributed by atoms with van der Waals surface area (Å²) in [6.45, 7) is 0.0662. The number of carbonyl (C=O) groups is 1. The van der Waals surface area contributed by atoms with Gasteiger partial charge in [0, 0.05) is 12.1 Å². The highest BCUT2D eigenvalue weighted by Crippen LogP contribution is 2.25. The molecule has 3 aromatic carbocycles. The van der Waals surface area contributed by atoms with Gasteiger partial charge in [0.05, 0.1) is 20.5 Å². The first-order valence-electron chi connectivity index (χ1n) is 8.06. The first-order chi connectivity index (χ1) is 13.4. The normalized spacial score (nSPS) is 10.4. The molecule has 6 nitrogen and oxygen atoms in total. The van der Waals surface area contributed by atoms with Crippen LogP contribution in [-0.2, 0) is 11.3 Å². The second-order valence-electron chi connectivity index (χ2n) is 5.70. The van der Waals surface area contributed by atoms with E-state index in [1.54, 1.807) is 42.5 Å². The smallest absolute Gasteiger partial charge is 0.338 e. The number of hydrogen-bond acceptors (Lipinski definition) is 5. The minimum absolute atomic E-state index is 0.0209. The monoisotopic (exact) mass is 417 g/mol. The van der Waals surface area contributed by atoms with Crippen LogP contribution in [0.1, 0.15) is 15.9 Å². The van der Waals surface area contributed by atoms with Gasteiger partial charge >= 0.3 is 5.97 Å². The number of nitro benzene ring substituents is 1. The maximum absolute atomic E-state index is 12.2. The van der Waals surface area contributed by atoms with Crippen molar-refractivity contribution in [3.63, 3.8) is 0 Å². The molecular weight excluding hydrogens is 405 g/mol. The molecule has 0 unspecified atom stereocenters. The molecule has 0 aliphatic heterocycles. The number of ether oxygens (including phenoxy) is 2. The molecular formula is C20H13Cl2NO5. The number of esters is 1. The van der Waals surface area contributed by atoms with Crippen LogP contribution >= 0.6 is 23.2 Å². The van der Waals surface area contributed by atoms with Crippen molar-refractivity contribution in [3.8, 4) is 11.5 Å². The van der Waals surface area contributed by atoms with Gasteiger partial charge in [-0.25, -0.2) is 4.79 Å². The summed E-state index contributed by atoms with van der Waals surface area (Å²) in [6, 6.07) is 17.0. The SMILES string of the molecule is O=C(OCc1ccc(Cl)c(Cl)c1)c1ccc(Oc2ccc([N+](=O)[O-])cc2)cc1. The Labute approximate surface area is 170 Å². The van der Waals surface area contributed by atoms with Gasteiger partial charge in [-0.3, -0.25) is 10.1 Å². The fourth-order valence-electron chi connectivity index (χ4n) is 2.29. The fourth-order valence-corrected chi connectivity index (χ4v) is 2.61. The summed E-state index contributed by atoms with van der Waals surface area (Å²) < 4.78 is 10.9. The van der Waals surface area contributed by atoms with Crippen molar-refractivity contribution in [2.45, 2.75) is 6.61 Å². The lowest BCUT2D eigenvalue weighted by Crippen LogP contribution is -2.05. The third-order valence-electron chi connectivity index (χ3n) is 3.73. The highest BCUT2D eigenvalue weighted by molar-refractivity contribution is 6.42. The maximum Gasteiger partial charge on any atom is 0.338 e. The predicted octanol–water partition coefficient (Wildman–Crippen LogP) is 6.05. The number of benzene rings is 3. The molecule has 0 radical (unpaired) electrons. The molecule has 0 saturated carbocycles. The third kappa shape index (κ3) is 5.00. The molecule has 0 heterocycles. The van der Waals surface area contributed by atoms with Gasteiger partial charge in [0.2, 0.25) is 0 Å². The van der Waals surface area contributed by atoms with E-state index in [0.29, 0.717) is 27.1 Å². The highest BCUT2D eigenvalue weighted by Gasteiger charge is 2.10. The molecule has 142 valence electrons. The number of halogens is 2. The first-order valence-corrected chi connectivity index (χ1v) is 8.81. The van der Waals surface area contributed by atoms with Gasteiger partial charge in [-0.15, -0.1) is 0 Å². The van der Waals surface area contributed by atoms with Gasteiger partial charge in [0.1, 0.15) is 18.1 Å². The Morgan fingerprint density at radius 2 is 1.50 bits per heavy atom. The summed E-state index contributed by atoms with van der Waals surface area (Å²) in [4.78, 5) is 22.3. The summed E-state index contributed by atoms with van der Waals surface area (Å²) in [5.74, 6) is 0.434. The molecule has 28 heavy (non-hydrogen) atoms. The minimum Gasteiger partial charge on any atom is -0.457 e. The molecule has 0 saturated heterocycles. The standard InChI is InChI=1S/C20H13Cl2NO5/c21-18-10-1-13(11-19(18)22)12-27-20(24)14-2-6-16(7-3-14)28-17-8-4-15(5-9-17)23(25)26/h1-11H,12H2. The summed E-state index contributed by atoms with van der Waals surface area (Å²) in [6.07, 6.45) is 0. The third-order valence-corrected chi connectivity index (χ3v) is 4.47. The van der Waals surface area contributed by atoms with Gasteiger partial charge in [-0.1, -0.05) is 29.3 Å². The van der Waals surface area contributed by atoms with Crippen LogP contribution in [0.4, 0.5) is 5.69 Å². The average Bonchev–Trinajstić information content (AvgIpc) is 2.69.